The second-order valence-electron chi connectivity index (χ2n) is 5.50. The number of carbonyl (C=O) groups excluding carboxylic acids is 1. The van der Waals surface area contributed by atoms with Gasteiger partial charge < -0.3 is 25.4 Å². The van der Waals surface area contributed by atoms with Gasteiger partial charge in [0.15, 0.2) is 11.5 Å². The molecule has 118 valence electrons. The molecule has 5 N–H and O–H groups in total. The number of nitrogens with two attached hydrogens (primary N) is 1. The summed E-state index contributed by atoms with van der Waals surface area (Å²) in [5.74, 6) is -0.137. The number of phenolic OH excluding ortho intramolecular Hbond substituents is 1. The Balaban J connectivity index is 3.07. The first kappa shape index (κ1) is 17.1. The molecular formula is C14H22N2O5. The van der Waals surface area contributed by atoms with E-state index in [4.69, 9.17) is 15.2 Å². The number of hydrogen-bond donors (Lipinski definition) is 4. The van der Waals surface area contributed by atoms with E-state index in [1.54, 1.807) is 20.8 Å². The molecule has 7 nitrogen and oxygen atoms in total. The fourth-order valence-corrected chi connectivity index (χ4v) is 1.62. The third-order valence-electron chi connectivity index (χ3n) is 2.56. The molecule has 7 heteroatoms. The van der Waals surface area contributed by atoms with Gasteiger partial charge in [-0.25, -0.2) is 4.79 Å². The number of methoxy groups -OCH3 is 1. The average Bonchev–Trinajstić information content (AvgIpc) is 2.37. The number of benzene rings is 1. The van der Waals surface area contributed by atoms with Crippen LogP contribution < -0.4 is 15.8 Å². The maximum atomic E-state index is 11.8. The number of nitrogens with one attached hydrogen (secondary N) is 1. The van der Waals surface area contributed by atoms with Crippen LogP contribution in [0.3, 0.4) is 0 Å². The number of rotatable bonds is 4. The van der Waals surface area contributed by atoms with Crippen molar-refractivity contribution < 1.29 is 24.5 Å². The molecule has 1 amide bonds. The van der Waals surface area contributed by atoms with Crippen molar-refractivity contribution in [3.63, 3.8) is 0 Å². The Kier molecular flexibility index (Phi) is 5.40. The molecule has 0 spiro atoms. The third-order valence-corrected chi connectivity index (χ3v) is 2.56. The molecule has 0 heterocycles. The fourth-order valence-electron chi connectivity index (χ4n) is 1.62. The van der Waals surface area contributed by atoms with Gasteiger partial charge >= 0.3 is 6.09 Å². The number of aliphatic hydroxyl groups excluding tert-OH is 1. The lowest BCUT2D eigenvalue weighted by atomic mass is 10.1. The van der Waals surface area contributed by atoms with Crippen molar-refractivity contribution in [1.82, 2.24) is 0 Å². The summed E-state index contributed by atoms with van der Waals surface area (Å²) < 4.78 is 10.1. The summed E-state index contributed by atoms with van der Waals surface area (Å²) >= 11 is 0. The van der Waals surface area contributed by atoms with Gasteiger partial charge in [0.2, 0.25) is 0 Å². The number of aliphatic hydroxyl groups is 1. The Hall–Kier alpha value is -1.99. The van der Waals surface area contributed by atoms with E-state index in [0.29, 0.717) is 5.56 Å². The molecule has 0 radical (unpaired) electrons. The summed E-state index contributed by atoms with van der Waals surface area (Å²) in [4.78, 5) is 11.8. The molecule has 0 aliphatic heterocycles. The van der Waals surface area contributed by atoms with Crippen molar-refractivity contribution in [2.45, 2.75) is 32.5 Å². The van der Waals surface area contributed by atoms with Gasteiger partial charge in [-0.05, 0) is 38.5 Å². The molecule has 0 unspecified atom stereocenters. The summed E-state index contributed by atoms with van der Waals surface area (Å²) in [6.45, 7) is 5.17. The minimum Gasteiger partial charge on any atom is -0.503 e. The highest BCUT2D eigenvalue weighted by Crippen LogP contribution is 2.37. The highest BCUT2D eigenvalue weighted by atomic mass is 16.6. The van der Waals surface area contributed by atoms with Crippen molar-refractivity contribution >= 4 is 11.8 Å². The van der Waals surface area contributed by atoms with Gasteiger partial charge in [0.25, 0.3) is 0 Å². The molecule has 1 aromatic carbocycles. The average molecular weight is 298 g/mol. The number of hydrogen-bond acceptors (Lipinski definition) is 6. The van der Waals surface area contributed by atoms with Crippen LogP contribution in [0.2, 0.25) is 0 Å². The van der Waals surface area contributed by atoms with Crippen LogP contribution in [0.15, 0.2) is 12.1 Å². The molecule has 0 aliphatic rings. The van der Waals surface area contributed by atoms with Crippen molar-refractivity contribution in [3.8, 4) is 11.5 Å². The SMILES string of the molecule is COc1cc([C@H](O)CN)cc(NC(=O)OC(C)(C)C)c1O. The number of phenols is 1. The molecule has 21 heavy (non-hydrogen) atoms. The first-order valence-corrected chi connectivity index (χ1v) is 6.47. The Morgan fingerprint density at radius 3 is 2.52 bits per heavy atom. The third kappa shape index (κ3) is 4.80. The molecule has 0 saturated carbocycles. The lowest BCUT2D eigenvalue weighted by Gasteiger charge is -2.21. The summed E-state index contributed by atoms with van der Waals surface area (Å²) in [6, 6.07) is 2.87. The van der Waals surface area contributed by atoms with Gasteiger partial charge in [-0.2, -0.15) is 0 Å². The van der Waals surface area contributed by atoms with E-state index in [-0.39, 0.29) is 23.7 Å². The van der Waals surface area contributed by atoms with Crippen LogP contribution in [0.4, 0.5) is 10.5 Å². The molecule has 1 atom stereocenters. The Bertz CT molecular complexity index is 511. The predicted molar refractivity (Wildman–Crippen MR) is 78.5 cm³/mol. The Labute approximate surface area is 123 Å². The fraction of sp³-hybridized carbons (Fsp3) is 0.500. The maximum absolute atomic E-state index is 11.8. The van der Waals surface area contributed by atoms with Crippen molar-refractivity contribution in [1.29, 1.82) is 0 Å². The molecule has 0 saturated heterocycles. The van der Waals surface area contributed by atoms with E-state index in [0.717, 1.165) is 0 Å². The Morgan fingerprint density at radius 1 is 1.43 bits per heavy atom. The van der Waals surface area contributed by atoms with Gasteiger partial charge in [0.05, 0.1) is 18.9 Å². The number of anilines is 1. The van der Waals surface area contributed by atoms with Crippen LogP contribution in [-0.4, -0.2) is 35.6 Å². The zero-order chi connectivity index (χ0) is 16.2. The van der Waals surface area contributed by atoms with Crippen LogP contribution >= 0.6 is 0 Å². The predicted octanol–water partition coefficient (Wildman–Crippen LogP) is 1.74. The van der Waals surface area contributed by atoms with Crippen LogP contribution in [0.5, 0.6) is 11.5 Å². The lowest BCUT2D eigenvalue weighted by Crippen LogP contribution is -2.27. The molecular weight excluding hydrogens is 276 g/mol. The van der Waals surface area contributed by atoms with Gasteiger partial charge in [-0.15, -0.1) is 0 Å². The van der Waals surface area contributed by atoms with Crippen LogP contribution in [0, 0.1) is 0 Å². The number of carbonyl (C=O) groups is 1. The quantitative estimate of drug-likeness (QED) is 0.630. The minimum absolute atomic E-state index is 0.000191. The molecule has 0 fully saturated rings. The van der Waals surface area contributed by atoms with Gasteiger partial charge in [-0.3, -0.25) is 5.32 Å². The van der Waals surface area contributed by atoms with E-state index in [2.05, 4.69) is 5.32 Å². The van der Waals surface area contributed by atoms with E-state index in [9.17, 15) is 15.0 Å². The standard InChI is InChI=1S/C14H22N2O5/c1-14(2,3)21-13(19)16-9-5-8(10(17)7-15)6-11(20-4)12(9)18/h5-6,10,17-18H,7,15H2,1-4H3,(H,16,19)/t10-/m1/s1. The first-order chi connectivity index (χ1) is 9.67. The summed E-state index contributed by atoms with van der Waals surface area (Å²) in [7, 11) is 1.37. The molecule has 1 aromatic rings. The number of ether oxygens (including phenoxy) is 2. The van der Waals surface area contributed by atoms with E-state index in [1.165, 1.54) is 19.2 Å². The number of amides is 1. The topological polar surface area (TPSA) is 114 Å². The summed E-state index contributed by atoms with van der Waals surface area (Å²) in [5, 5.41) is 22.2. The highest BCUT2D eigenvalue weighted by molar-refractivity contribution is 5.88. The molecule has 1 rings (SSSR count). The largest absolute Gasteiger partial charge is 0.503 e. The second kappa shape index (κ2) is 6.64. The van der Waals surface area contributed by atoms with Crippen LogP contribution in [-0.2, 0) is 4.74 Å². The molecule has 0 aliphatic carbocycles. The van der Waals surface area contributed by atoms with Crippen LogP contribution in [0.1, 0.15) is 32.4 Å². The van der Waals surface area contributed by atoms with Crippen molar-refractivity contribution in [3.05, 3.63) is 17.7 Å². The van der Waals surface area contributed by atoms with E-state index >= 15 is 0 Å². The summed E-state index contributed by atoms with van der Waals surface area (Å²) in [5.41, 5.74) is 5.22. The highest BCUT2D eigenvalue weighted by Gasteiger charge is 2.20. The zero-order valence-corrected chi connectivity index (χ0v) is 12.6. The van der Waals surface area contributed by atoms with E-state index < -0.39 is 17.8 Å². The van der Waals surface area contributed by atoms with Crippen LogP contribution in [0.25, 0.3) is 0 Å². The second-order valence-corrected chi connectivity index (χ2v) is 5.50. The van der Waals surface area contributed by atoms with Gasteiger partial charge in [-0.1, -0.05) is 0 Å². The zero-order valence-electron chi connectivity index (χ0n) is 12.6. The maximum Gasteiger partial charge on any atom is 0.412 e. The number of aromatic hydroxyl groups is 1. The Morgan fingerprint density at radius 2 is 2.05 bits per heavy atom. The van der Waals surface area contributed by atoms with Gasteiger partial charge in [0, 0.05) is 6.54 Å². The monoisotopic (exact) mass is 298 g/mol. The lowest BCUT2D eigenvalue weighted by molar-refractivity contribution is 0.0635. The minimum atomic E-state index is -0.932. The summed E-state index contributed by atoms with van der Waals surface area (Å²) in [6.07, 6.45) is -1.65. The molecule has 0 aromatic heterocycles. The first-order valence-electron chi connectivity index (χ1n) is 6.47. The van der Waals surface area contributed by atoms with E-state index in [1.807, 2.05) is 0 Å². The van der Waals surface area contributed by atoms with Crippen molar-refractivity contribution in [2.75, 3.05) is 19.0 Å². The van der Waals surface area contributed by atoms with Crippen molar-refractivity contribution in [2.24, 2.45) is 5.73 Å². The van der Waals surface area contributed by atoms with Gasteiger partial charge in [0.1, 0.15) is 5.60 Å². The smallest absolute Gasteiger partial charge is 0.412 e. The molecule has 0 bridgehead atoms. The normalized spacial score (nSPS) is 12.7.